The van der Waals surface area contributed by atoms with E-state index in [1.54, 1.807) is 23.6 Å². The number of hydrogen-bond acceptors (Lipinski definition) is 7. The highest BCUT2D eigenvalue weighted by molar-refractivity contribution is 8.00. The zero-order chi connectivity index (χ0) is 18.0. The van der Waals surface area contributed by atoms with Crippen molar-refractivity contribution >= 4 is 27.5 Å². The Kier molecular flexibility index (Phi) is 5.09. The first-order chi connectivity index (χ1) is 11.9. The van der Waals surface area contributed by atoms with E-state index in [9.17, 15) is 13.2 Å². The fourth-order valence-corrected chi connectivity index (χ4v) is 5.42. The van der Waals surface area contributed by atoms with Gasteiger partial charge in [-0.15, -0.1) is 5.10 Å². The van der Waals surface area contributed by atoms with Gasteiger partial charge in [-0.25, -0.2) is 8.42 Å². The number of benzene rings is 1. The fraction of sp³-hybridized carbons (Fsp3) is 0.467. The first-order valence-electron chi connectivity index (χ1n) is 7.85. The van der Waals surface area contributed by atoms with Gasteiger partial charge in [-0.1, -0.05) is 30.0 Å². The number of thioether (sulfide) groups is 1. The largest absolute Gasteiger partial charge is 0.341 e. The summed E-state index contributed by atoms with van der Waals surface area (Å²) in [4.78, 5) is 14.2. The van der Waals surface area contributed by atoms with Crippen LogP contribution in [0.5, 0.6) is 0 Å². The number of nitrogens with zero attached hydrogens (tertiary/aromatic N) is 5. The van der Waals surface area contributed by atoms with Crippen molar-refractivity contribution in [3.63, 3.8) is 0 Å². The molecule has 1 saturated heterocycles. The molecule has 10 heteroatoms. The molecule has 0 bridgehead atoms. The summed E-state index contributed by atoms with van der Waals surface area (Å²) in [5, 5.41) is 11.7. The van der Waals surface area contributed by atoms with E-state index in [2.05, 4.69) is 15.5 Å². The summed E-state index contributed by atoms with van der Waals surface area (Å²) in [6, 6.07) is 9.16. The summed E-state index contributed by atoms with van der Waals surface area (Å²) >= 11 is 1.25. The van der Waals surface area contributed by atoms with E-state index < -0.39 is 15.1 Å². The van der Waals surface area contributed by atoms with Crippen molar-refractivity contribution in [3.8, 4) is 5.69 Å². The molecule has 2 aromatic rings. The van der Waals surface area contributed by atoms with Crippen LogP contribution in [0, 0.1) is 0 Å². The zero-order valence-corrected chi connectivity index (χ0v) is 15.6. The average Bonchev–Trinajstić information content (AvgIpc) is 3.20. The Morgan fingerprint density at radius 1 is 1.36 bits per heavy atom. The molecule has 2 heterocycles. The summed E-state index contributed by atoms with van der Waals surface area (Å²) in [6.07, 6.45) is 0.490. The molecule has 2 atom stereocenters. The summed E-state index contributed by atoms with van der Waals surface area (Å²) in [5.74, 6) is 0.0481. The molecule has 8 nitrogen and oxygen atoms in total. The molecule has 1 fully saturated rings. The van der Waals surface area contributed by atoms with Gasteiger partial charge in [0, 0.05) is 13.1 Å². The Hall–Kier alpha value is -1.94. The molecule has 25 heavy (non-hydrogen) atoms. The molecule has 1 aliphatic heterocycles. The highest BCUT2D eigenvalue weighted by Crippen LogP contribution is 2.25. The number of hydrogen-bond donors (Lipinski definition) is 0. The third kappa shape index (κ3) is 4.01. The van der Waals surface area contributed by atoms with Crippen LogP contribution in [-0.4, -0.2) is 69.3 Å². The van der Waals surface area contributed by atoms with Crippen LogP contribution in [-0.2, 0) is 14.6 Å². The van der Waals surface area contributed by atoms with Gasteiger partial charge in [0.2, 0.25) is 11.1 Å². The van der Waals surface area contributed by atoms with Crippen LogP contribution in [0.15, 0.2) is 35.5 Å². The minimum atomic E-state index is -3.03. The molecule has 1 amide bonds. The van der Waals surface area contributed by atoms with Crippen molar-refractivity contribution in [2.45, 2.75) is 29.8 Å². The topological polar surface area (TPSA) is 98.1 Å². The van der Waals surface area contributed by atoms with Gasteiger partial charge in [-0.3, -0.25) is 4.79 Å². The third-order valence-electron chi connectivity index (χ3n) is 4.18. The highest BCUT2D eigenvalue weighted by Gasteiger charge is 2.34. The molecule has 0 spiro atoms. The van der Waals surface area contributed by atoms with E-state index in [1.165, 1.54) is 11.8 Å². The molecular formula is C15H19N5O3S2. The van der Waals surface area contributed by atoms with Gasteiger partial charge in [-0.05, 0) is 35.9 Å². The van der Waals surface area contributed by atoms with E-state index in [-0.39, 0.29) is 23.5 Å². The maximum Gasteiger partial charge on any atom is 0.235 e. The second-order valence-corrected chi connectivity index (χ2v) is 9.51. The molecular weight excluding hydrogens is 362 g/mol. The molecule has 0 aliphatic carbocycles. The van der Waals surface area contributed by atoms with Crippen LogP contribution in [0.3, 0.4) is 0 Å². The SMILES string of the molecule is C[C@H](Sc1nnnn1-c1ccccc1)C(=O)N(C)[C@H]1CCS(=O)(=O)C1. The van der Waals surface area contributed by atoms with Crippen LogP contribution in [0.2, 0.25) is 0 Å². The number of aromatic nitrogens is 4. The number of tetrazole rings is 1. The maximum absolute atomic E-state index is 12.6. The molecule has 1 aromatic carbocycles. The lowest BCUT2D eigenvalue weighted by molar-refractivity contribution is -0.130. The zero-order valence-electron chi connectivity index (χ0n) is 13.9. The van der Waals surface area contributed by atoms with Crippen LogP contribution in [0.1, 0.15) is 13.3 Å². The Morgan fingerprint density at radius 3 is 2.72 bits per heavy atom. The lowest BCUT2D eigenvalue weighted by atomic mass is 10.2. The predicted molar refractivity (Wildman–Crippen MR) is 94.3 cm³/mol. The summed E-state index contributed by atoms with van der Waals surface area (Å²) < 4.78 is 24.8. The number of rotatable bonds is 5. The third-order valence-corrected chi connectivity index (χ3v) is 6.95. The van der Waals surface area contributed by atoms with E-state index in [0.29, 0.717) is 11.6 Å². The molecule has 1 aliphatic rings. The summed E-state index contributed by atoms with van der Waals surface area (Å²) in [5.41, 5.74) is 0.810. The smallest absolute Gasteiger partial charge is 0.235 e. The number of carbonyl (C=O) groups is 1. The summed E-state index contributed by atoms with van der Waals surface area (Å²) in [6.45, 7) is 1.77. The van der Waals surface area contributed by atoms with Crippen LogP contribution >= 0.6 is 11.8 Å². The molecule has 1 aromatic heterocycles. The van der Waals surface area contributed by atoms with Crippen LogP contribution in [0.25, 0.3) is 5.69 Å². The van der Waals surface area contributed by atoms with Crippen molar-refractivity contribution in [2.75, 3.05) is 18.6 Å². The van der Waals surface area contributed by atoms with Gasteiger partial charge in [0.05, 0.1) is 22.4 Å². The summed E-state index contributed by atoms with van der Waals surface area (Å²) in [7, 11) is -1.37. The number of para-hydroxylation sites is 1. The Bertz CT molecular complexity index is 853. The van der Waals surface area contributed by atoms with E-state index >= 15 is 0 Å². The van der Waals surface area contributed by atoms with Crippen molar-refractivity contribution in [2.24, 2.45) is 0 Å². The lowest BCUT2D eigenvalue weighted by Crippen LogP contribution is -2.41. The minimum Gasteiger partial charge on any atom is -0.341 e. The Morgan fingerprint density at radius 2 is 2.08 bits per heavy atom. The van der Waals surface area contributed by atoms with Crippen molar-refractivity contribution in [3.05, 3.63) is 30.3 Å². The minimum absolute atomic E-state index is 0.0361. The second kappa shape index (κ2) is 7.12. The Labute approximate surface area is 150 Å². The molecule has 0 N–H and O–H groups in total. The van der Waals surface area contributed by atoms with Crippen molar-refractivity contribution < 1.29 is 13.2 Å². The monoisotopic (exact) mass is 381 g/mol. The standard InChI is InChI=1S/C15H19N5O3S2/c1-11(14(21)19(2)13-8-9-25(22,23)10-13)24-15-16-17-18-20(15)12-6-4-3-5-7-12/h3-7,11,13H,8-10H2,1-2H3/t11-,13-/m0/s1. The number of amides is 1. The lowest BCUT2D eigenvalue weighted by Gasteiger charge is -2.26. The predicted octanol–water partition coefficient (Wildman–Crippen LogP) is 0.788. The van der Waals surface area contributed by atoms with E-state index in [1.807, 2.05) is 30.3 Å². The van der Waals surface area contributed by atoms with Gasteiger partial charge >= 0.3 is 0 Å². The highest BCUT2D eigenvalue weighted by atomic mass is 32.2. The number of carbonyl (C=O) groups excluding carboxylic acids is 1. The fourth-order valence-electron chi connectivity index (χ4n) is 2.74. The van der Waals surface area contributed by atoms with E-state index in [0.717, 1.165) is 5.69 Å². The average molecular weight is 381 g/mol. The van der Waals surface area contributed by atoms with Gasteiger partial charge in [0.1, 0.15) is 0 Å². The van der Waals surface area contributed by atoms with Gasteiger partial charge in [0.25, 0.3) is 0 Å². The maximum atomic E-state index is 12.6. The Balaban J connectivity index is 1.70. The van der Waals surface area contributed by atoms with Crippen molar-refractivity contribution in [1.82, 2.24) is 25.1 Å². The molecule has 0 unspecified atom stereocenters. The normalized spacial score (nSPS) is 20.3. The van der Waals surface area contributed by atoms with Gasteiger partial charge in [-0.2, -0.15) is 4.68 Å². The van der Waals surface area contributed by atoms with Crippen LogP contribution < -0.4 is 0 Å². The molecule has 0 radical (unpaired) electrons. The first kappa shape index (κ1) is 17.9. The molecule has 134 valence electrons. The molecule has 3 rings (SSSR count). The first-order valence-corrected chi connectivity index (χ1v) is 10.5. The van der Waals surface area contributed by atoms with E-state index in [4.69, 9.17) is 0 Å². The van der Waals surface area contributed by atoms with Gasteiger partial charge in [0.15, 0.2) is 9.84 Å². The number of sulfone groups is 1. The van der Waals surface area contributed by atoms with Crippen LogP contribution in [0.4, 0.5) is 0 Å². The van der Waals surface area contributed by atoms with Gasteiger partial charge < -0.3 is 4.90 Å². The quantitative estimate of drug-likeness (QED) is 0.706. The van der Waals surface area contributed by atoms with Crippen molar-refractivity contribution in [1.29, 1.82) is 0 Å². The second-order valence-electron chi connectivity index (χ2n) is 5.97. The molecule has 0 saturated carbocycles.